The molecule has 0 aliphatic carbocycles. The smallest absolute Gasteiger partial charge is 0.164 e. The van der Waals surface area contributed by atoms with Gasteiger partial charge in [-0.05, 0) is 28.3 Å². The van der Waals surface area contributed by atoms with E-state index in [0.29, 0.717) is 17.5 Å². The molecule has 0 aliphatic rings. The average Bonchev–Trinajstić information content (AvgIpc) is 3.86. The highest BCUT2D eigenvalue weighted by Crippen LogP contribution is 2.48. The summed E-state index contributed by atoms with van der Waals surface area (Å²) in [6.07, 6.45) is 0. The van der Waals surface area contributed by atoms with Crippen molar-refractivity contribution < 1.29 is 0 Å². The van der Waals surface area contributed by atoms with Crippen molar-refractivity contribution in [2.45, 2.75) is 0 Å². The number of rotatable bonds is 6. The first kappa shape index (κ1) is 32.6. The first-order valence-corrected chi connectivity index (χ1v) is 20.3. The Labute approximate surface area is 331 Å². The van der Waals surface area contributed by atoms with Gasteiger partial charge in [-0.25, -0.2) is 15.0 Å². The molecule has 0 fully saturated rings. The third-order valence-corrected chi connectivity index (χ3v) is 13.1. The third kappa shape index (κ3) is 5.51. The highest BCUT2D eigenvalue weighted by Gasteiger charge is 2.19. The van der Waals surface area contributed by atoms with Crippen molar-refractivity contribution in [1.29, 1.82) is 0 Å². The maximum Gasteiger partial charge on any atom is 0.164 e. The fourth-order valence-electron chi connectivity index (χ4n) is 7.90. The van der Waals surface area contributed by atoms with Crippen LogP contribution in [0, 0.1) is 0 Å². The van der Waals surface area contributed by atoms with Gasteiger partial charge in [0.2, 0.25) is 0 Å². The van der Waals surface area contributed by atoms with E-state index in [2.05, 4.69) is 127 Å². The van der Waals surface area contributed by atoms with Crippen LogP contribution >= 0.6 is 22.7 Å². The van der Waals surface area contributed by atoms with E-state index in [1.54, 1.807) is 0 Å². The quantitative estimate of drug-likeness (QED) is 0.170. The molecule has 262 valence electrons. The zero-order valence-corrected chi connectivity index (χ0v) is 31.7. The zero-order valence-electron chi connectivity index (χ0n) is 30.1. The van der Waals surface area contributed by atoms with Gasteiger partial charge in [0, 0.05) is 68.2 Å². The maximum atomic E-state index is 5.02. The van der Waals surface area contributed by atoms with Gasteiger partial charge in [-0.1, -0.05) is 182 Å². The zero-order chi connectivity index (χ0) is 37.0. The standard InChI is InChI=1S/C51H31N3S2/c1-4-15-32(16-5-1)37-23-11-25-39-41-27-13-29-43(47(41)55-45(37)39)44-30-14-28-42-40-26-12-24-38(46(40)56-48(42)44)35-21-10-22-36(31-35)51-53-49(33-17-6-2-7-18-33)52-50(54-51)34-19-8-3-9-20-34/h1-31H. The summed E-state index contributed by atoms with van der Waals surface area (Å²) >= 11 is 3.79. The van der Waals surface area contributed by atoms with Gasteiger partial charge >= 0.3 is 0 Å². The third-order valence-electron chi connectivity index (χ3n) is 10.6. The highest BCUT2D eigenvalue weighted by molar-refractivity contribution is 7.28. The van der Waals surface area contributed by atoms with Crippen molar-refractivity contribution in [1.82, 2.24) is 15.0 Å². The predicted octanol–water partition coefficient (Wildman–Crippen LogP) is 14.6. The number of thiophene rings is 2. The van der Waals surface area contributed by atoms with Gasteiger partial charge in [0.1, 0.15) is 0 Å². The van der Waals surface area contributed by atoms with Crippen LogP contribution in [0.25, 0.3) is 108 Å². The van der Waals surface area contributed by atoms with Crippen LogP contribution in [0.5, 0.6) is 0 Å². The molecule has 0 spiro atoms. The molecule has 11 rings (SSSR count). The Bertz CT molecular complexity index is 3180. The van der Waals surface area contributed by atoms with Gasteiger partial charge in [-0.3, -0.25) is 0 Å². The molecule has 0 atom stereocenters. The van der Waals surface area contributed by atoms with Crippen LogP contribution in [-0.2, 0) is 0 Å². The molecule has 11 aromatic rings. The van der Waals surface area contributed by atoms with Crippen LogP contribution in [0.3, 0.4) is 0 Å². The highest BCUT2D eigenvalue weighted by atomic mass is 32.1. The Morgan fingerprint density at radius 1 is 0.250 bits per heavy atom. The van der Waals surface area contributed by atoms with Crippen LogP contribution in [0.2, 0.25) is 0 Å². The van der Waals surface area contributed by atoms with Crippen molar-refractivity contribution in [2.75, 3.05) is 0 Å². The van der Waals surface area contributed by atoms with Crippen molar-refractivity contribution in [3.05, 3.63) is 188 Å². The molecule has 0 unspecified atom stereocenters. The summed E-state index contributed by atoms with van der Waals surface area (Å²) in [5.41, 5.74) is 10.3. The van der Waals surface area contributed by atoms with Crippen molar-refractivity contribution in [3.63, 3.8) is 0 Å². The monoisotopic (exact) mass is 749 g/mol. The maximum absolute atomic E-state index is 5.02. The topological polar surface area (TPSA) is 38.7 Å². The Kier molecular flexibility index (Phi) is 7.87. The second-order valence-corrected chi connectivity index (χ2v) is 16.0. The molecule has 56 heavy (non-hydrogen) atoms. The molecule has 3 aromatic heterocycles. The van der Waals surface area contributed by atoms with E-state index in [0.717, 1.165) is 22.3 Å². The molecular formula is C51H31N3S2. The fraction of sp³-hybridized carbons (Fsp3) is 0. The van der Waals surface area contributed by atoms with Crippen LogP contribution in [0.4, 0.5) is 0 Å². The molecule has 5 heteroatoms. The summed E-state index contributed by atoms with van der Waals surface area (Å²) in [6, 6.07) is 66.6. The van der Waals surface area contributed by atoms with Gasteiger partial charge in [0.15, 0.2) is 17.5 Å². The molecule has 0 amide bonds. The summed E-state index contributed by atoms with van der Waals surface area (Å²) in [6.45, 7) is 0. The molecule has 0 N–H and O–H groups in total. The lowest BCUT2D eigenvalue weighted by molar-refractivity contribution is 1.07. The number of aromatic nitrogens is 3. The largest absolute Gasteiger partial charge is 0.208 e. The summed E-state index contributed by atoms with van der Waals surface area (Å²) in [5.74, 6) is 1.96. The van der Waals surface area contributed by atoms with Crippen molar-refractivity contribution >= 4 is 63.0 Å². The Morgan fingerprint density at radius 2 is 0.571 bits per heavy atom. The minimum absolute atomic E-state index is 0.650. The van der Waals surface area contributed by atoms with Crippen LogP contribution in [0.15, 0.2) is 188 Å². The molecule has 0 saturated heterocycles. The molecule has 3 heterocycles. The molecule has 8 aromatic carbocycles. The Balaban J connectivity index is 1.06. The number of benzene rings is 8. The molecule has 3 nitrogen and oxygen atoms in total. The minimum Gasteiger partial charge on any atom is -0.208 e. The second-order valence-electron chi connectivity index (χ2n) is 13.9. The molecule has 0 radical (unpaired) electrons. The molecule has 0 aliphatic heterocycles. The van der Waals surface area contributed by atoms with Crippen molar-refractivity contribution in [2.24, 2.45) is 0 Å². The molecular weight excluding hydrogens is 719 g/mol. The van der Waals surface area contributed by atoms with E-state index in [1.807, 2.05) is 83.3 Å². The number of hydrogen-bond donors (Lipinski definition) is 0. The average molecular weight is 750 g/mol. The normalized spacial score (nSPS) is 11.6. The van der Waals surface area contributed by atoms with E-state index in [1.165, 1.54) is 68.2 Å². The summed E-state index contributed by atoms with van der Waals surface area (Å²) < 4.78 is 5.23. The van der Waals surface area contributed by atoms with Gasteiger partial charge in [-0.2, -0.15) is 0 Å². The van der Waals surface area contributed by atoms with E-state index in [9.17, 15) is 0 Å². The Hall–Kier alpha value is -6.79. The minimum atomic E-state index is 0.650. The fourth-order valence-corrected chi connectivity index (χ4v) is 10.6. The van der Waals surface area contributed by atoms with Gasteiger partial charge in [0.25, 0.3) is 0 Å². The lowest BCUT2D eigenvalue weighted by Gasteiger charge is -2.10. The van der Waals surface area contributed by atoms with Gasteiger partial charge in [-0.15, -0.1) is 22.7 Å². The Morgan fingerprint density at radius 3 is 1.04 bits per heavy atom. The van der Waals surface area contributed by atoms with Crippen LogP contribution in [-0.4, -0.2) is 15.0 Å². The molecule has 0 saturated carbocycles. The predicted molar refractivity (Wildman–Crippen MR) is 238 cm³/mol. The van der Waals surface area contributed by atoms with E-state index < -0.39 is 0 Å². The molecule has 0 bridgehead atoms. The summed E-state index contributed by atoms with van der Waals surface area (Å²) in [5, 5.41) is 5.16. The summed E-state index contributed by atoms with van der Waals surface area (Å²) in [7, 11) is 0. The SMILES string of the molecule is c1ccc(-c2nc(-c3ccccc3)nc(-c3cccc(-c4cccc5c4sc4c(-c6cccc7c6sc6c(-c8ccccc8)cccc67)cccc45)c3)n2)cc1. The van der Waals surface area contributed by atoms with Crippen LogP contribution < -0.4 is 0 Å². The van der Waals surface area contributed by atoms with Crippen molar-refractivity contribution in [3.8, 4) is 67.5 Å². The van der Waals surface area contributed by atoms with Gasteiger partial charge < -0.3 is 0 Å². The number of fused-ring (bicyclic) bond motifs is 6. The first-order chi connectivity index (χ1) is 27.8. The van der Waals surface area contributed by atoms with E-state index >= 15 is 0 Å². The lowest BCUT2D eigenvalue weighted by Crippen LogP contribution is -2.00. The summed E-state index contributed by atoms with van der Waals surface area (Å²) in [4.78, 5) is 14.9. The van der Waals surface area contributed by atoms with E-state index in [4.69, 9.17) is 15.0 Å². The number of hydrogen-bond acceptors (Lipinski definition) is 5. The lowest BCUT2D eigenvalue weighted by atomic mass is 9.98. The second kappa shape index (κ2) is 13.5. The first-order valence-electron chi connectivity index (χ1n) is 18.7. The number of nitrogens with zero attached hydrogens (tertiary/aromatic N) is 3. The van der Waals surface area contributed by atoms with Crippen LogP contribution in [0.1, 0.15) is 0 Å². The van der Waals surface area contributed by atoms with E-state index in [-0.39, 0.29) is 0 Å². The van der Waals surface area contributed by atoms with Gasteiger partial charge in [0.05, 0.1) is 0 Å².